The SMILES string of the molecule is CC(CNc1ncc(N)cn1)CN1CCCC1. The molecule has 1 aliphatic heterocycles. The topological polar surface area (TPSA) is 67.1 Å². The van der Waals surface area contributed by atoms with Crippen LogP contribution in [-0.4, -0.2) is 41.0 Å². The first-order valence-corrected chi connectivity index (χ1v) is 6.28. The molecule has 0 bridgehead atoms. The second-order valence-corrected chi connectivity index (χ2v) is 4.83. The number of nitrogens with zero attached hydrogens (tertiary/aromatic N) is 3. The number of nitrogens with two attached hydrogens (primary N) is 1. The summed E-state index contributed by atoms with van der Waals surface area (Å²) < 4.78 is 0. The molecule has 0 aliphatic carbocycles. The molecule has 1 aromatic rings. The number of anilines is 2. The van der Waals surface area contributed by atoms with Gasteiger partial charge in [0.25, 0.3) is 0 Å². The van der Waals surface area contributed by atoms with Gasteiger partial charge in [0, 0.05) is 13.1 Å². The summed E-state index contributed by atoms with van der Waals surface area (Å²) in [5.41, 5.74) is 6.13. The Bertz CT molecular complexity index is 331. The minimum atomic E-state index is 0.598. The maximum absolute atomic E-state index is 5.53. The minimum absolute atomic E-state index is 0.598. The molecule has 0 saturated carbocycles. The van der Waals surface area contributed by atoms with Crippen LogP contribution in [-0.2, 0) is 0 Å². The van der Waals surface area contributed by atoms with Crippen molar-refractivity contribution in [2.24, 2.45) is 5.92 Å². The highest BCUT2D eigenvalue weighted by molar-refractivity contribution is 5.35. The zero-order chi connectivity index (χ0) is 12.1. The van der Waals surface area contributed by atoms with Gasteiger partial charge in [-0.15, -0.1) is 0 Å². The third kappa shape index (κ3) is 3.85. The van der Waals surface area contributed by atoms with Gasteiger partial charge in [0.1, 0.15) is 0 Å². The minimum Gasteiger partial charge on any atom is -0.396 e. The smallest absolute Gasteiger partial charge is 0.222 e. The van der Waals surface area contributed by atoms with Crippen molar-refractivity contribution in [2.45, 2.75) is 19.8 Å². The molecule has 17 heavy (non-hydrogen) atoms. The van der Waals surface area contributed by atoms with Crippen LogP contribution in [0, 0.1) is 5.92 Å². The molecule has 5 heteroatoms. The Hall–Kier alpha value is -1.36. The highest BCUT2D eigenvalue weighted by atomic mass is 15.1. The lowest BCUT2D eigenvalue weighted by Crippen LogP contribution is -2.29. The number of hydrogen-bond acceptors (Lipinski definition) is 5. The van der Waals surface area contributed by atoms with Crippen molar-refractivity contribution in [3.8, 4) is 0 Å². The number of rotatable bonds is 5. The Morgan fingerprint density at radius 1 is 1.35 bits per heavy atom. The zero-order valence-electron chi connectivity index (χ0n) is 10.4. The van der Waals surface area contributed by atoms with Crippen LogP contribution in [0.15, 0.2) is 12.4 Å². The first-order valence-electron chi connectivity index (χ1n) is 6.28. The van der Waals surface area contributed by atoms with Crippen LogP contribution in [0.25, 0.3) is 0 Å². The summed E-state index contributed by atoms with van der Waals surface area (Å²) >= 11 is 0. The molecular weight excluding hydrogens is 214 g/mol. The molecule has 0 radical (unpaired) electrons. The number of likely N-dealkylation sites (tertiary alicyclic amines) is 1. The summed E-state index contributed by atoms with van der Waals surface area (Å²) in [5, 5.41) is 3.24. The third-order valence-electron chi connectivity index (χ3n) is 3.05. The Balaban J connectivity index is 1.71. The molecule has 1 aliphatic rings. The molecule has 94 valence electrons. The van der Waals surface area contributed by atoms with Crippen LogP contribution in [0.4, 0.5) is 11.6 Å². The van der Waals surface area contributed by atoms with Crippen molar-refractivity contribution in [2.75, 3.05) is 37.2 Å². The predicted molar refractivity (Wildman–Crippen MR) is 69.8 cm³/mol. The fraction of sp³-hybridized carbons (Fsp3) is 0.667. The first-order chi connectivity index (χ1) is 8.24. The van der Waals surface area contributed by atoms with Crippen molar-refractivity contribution in [3.05, 3.63) is 12.4 Å². The predicted octanol–water partition coefficient (Wildman–Crippen LogP) is 1.20. The zero-order valence-corrected chi connectivity index (χ0v) is 10.4. The molecule has 1 unspecified atom stereocenters. The van der Waals surface area contributed by atoms with E-state index in [9.17, 15) is 0 Å². The van der Waals surface area contributed by atoms with E-state index in [4.69, 9.17) is 5.73 Å². The maximum Gasteiger partial charge on any atom is 0.222 e. The number of nitrogen functional groups attached to an aromatic ring is 1. The van der Waals surface area contributed by atoms with E-state index in [2.05, 4.69) is 27.1 Å². The Morgan fingerprint density at radius 3 is 2.65 bits per heavy atom. The van der Waals surface area contributed by atoms with Crippen LogP contribution in [0.5, 0.6) is 0 Å². The van der Waals surface area contributed by atoms with Gasteiger partial charge in [-0.05, 0) is 31.8 Å². The molecule has 0 aromatic carbocycles. The standard InChI is InChI=1S/C12H21N5/c1-10(9-17-4-2-3-5-17)6-14-12-15-7-11(13)8-16-12/h7-8,10H,2-6,9,13H2,1H3,(H,14,15,16). The van der Waals surface area contributed by atoms with Crippen LogP contribution in [0.2, 0.25) is 0 Å². The van der Waals surface area contributed by atoms with Crippen molar-refractivity contribution < 1.29 is 0 Å². The van der Waals surface area contributed by atoms with Crippen LogP contribution in [0.1, 0.15) is 19.8 Å². The average Bonchev–Trinajstić information content (AvgIpc) is 2.81. The van der Waals surface area contributed by atoms with E-state index < -0.39 is 0 Å². The lowest BCUT2D eigenvalue weighted by molar-refractivity contribution is 0.294. The lowest BCUT2D eigenvalue weighted by Gasteiger charge is -2.20. The van der Waals surface area contributed by atoms with Crippen LogP contribution >= 0.6 is 0 Å². The first kappa shape index (κ1) is 12.1. The summed E-state index contributed by atoms with van der Waals surface area (Å²) in [5.74, 6) is 1.27. The van der Waals surface area contributed by atoms with E-state index in [1.165, 1.54) is 25.9 Å². The second kappa shape index (κ2) is 5.82. The van der Waals surface area contributed by atoms with E-state index in [-0.39, 0.29) is 0 Å². The van der Waals surface area contributed by atoms with Gasteiger partial charge < -0.3 is 16.0 Å². The van der Waals surface area contributed by atoms with Gasteiger partial charge in [-0.3, -0.25) is 0 Å². The molecule has 0 amide bonds. The van der Waals surface area contributed by atoms with E-state index in [1.54, 1.807) is 12.4 Å². The Kier molecular flexibility index (Phi) is 4.14. The Morgan fingerprint density at radius 2 is 2.00 bits per heavy atom. The summed E-state index contributed by atoms with van der Waals surface area (Å²) in [6.07, 6.45) is 5.95. The van der Waals surface area contributed by atoms with Gasteiger partial charge in [0.2, 0.25) is 5.95 Å². The van der Waals surface area contributed by atoms with Gasteiger partial charge in [0.15, 0.2) is 0 Å². The molecular formula is C12H21N5. The van der Waals surface area contributed by atoms with Crippen molar-refractivity contribution in [1.82, 2.24) is 14.9 Å². The highest BCUT2D eigenvalue weighted by Gasteiger charge is 2.14. The van der Waals surface area contributed by atoms with Crippen LogP contribution < -0.4 is 11.1 Å². The fourth-order valence-electron chi connectivity index (χ4n) is 2.17. The average molecular weight is 235 g/mol. The van der Waals surface area contributed by atoms with Gasteiger partial charge in [-0.25, -0.2) is 9.97 Å². The molecule has 1 saturated heterocycles. The normalized spacial score (nSPS) is 18.2. The number of aromatic nitrogens is 2. The Labute approximate surface area is 102 Å². The lowest BCUT2D eigenvalue weighted by atomic mass is 10.1. The summed E-state index contributed by atoms with van der Waals surface area (Å²) in [4.78, 5) is 10.8. The molecule has 1 aromatic heterocycles. The number of hydrogen-bond donors (Lipinski definition) is 2. The molecule has 2 rings (SSSR count). The largest absolute Gasteiger partial charge is 0.396 e. The van der Waals surface area contributed by atoms with E-state index in [1.807, 2.05) is 0 Å². The van der Waals surface area contributed by atoms with Gasteiger partial charge in [-0.1, -0.05) is 6.92 Å². The highest BCUT2D eigenvalue weighted by Crippen LogP contribution is 2.10. The molecule has 0 spiro atoms. The second-order valence-electron chi connectivity index (χ2n) is 4.83. The van der Waals surface area contributed by atoms with E-state index in [0.717, 1.165) is 13.1 Å². The van der Waals surface area contributed by atoms with Crippen LogP contribution in [0.3, 0.4) is 0 Å². The van der Waals surface area contributed by atoms with Crippen molar-refractivity contribution >= 4 is 11.6 Å². The molecule has 5 nitrogen and oxygen atoms in total. The van der Waals surface area contributed by atoms with Crippen molar-refractivity contribution in [3.63, 3.8) is 0 Å². The summed E-state index contributed by atoms with van der Waals surface area (Å²) in [7, 11) is 0. The molecule has 1 atom stereocenters. The van der Waals surface area contributed by atoms with Gasteiger partial charge in [0.05, 0.1) is 18.1 Å². The molecule has 2 heterocycles. The van der Waals surface area contributed by atoms with E-state index >= 15 is 0 Å². The van der Waals surface area contributed by atoms with Gasteiger partial charge >= 0.3 is 0 Å². The fourth-order valence-corrected chi connectivity index (χ4v) is 2.17. The maximum atomic E-state index is 5.53. The van der Waals surface area contributed by atoms with E-state index in [0.29, 0.717) is 17.6 Å². The monoisotopic (exact) mass is 235 g/mol. The summed E-state index contributed by atoms with van der Waals surface area (Å²) in [6.45, 7) is 6.82. The molecule has 1 fully saturated rings. The van der Waals surface area contributed by atoms with Gasteiger partial charge in [-0.2, -0.15) is 0 Å². The third-order valence-corrected chi connectivity index (χ3v) is 3.05. The summed E-state index contributed by atoms with van der Waals surface area (Å²) in [6, 6.07) is 0. The quantitative estimate of drug-likeness (QED) is 0.802. The van der Waals surface area contributed by atoms with Crippen molar-refractivity contribution in [1.29, 1.82) is 0 Å². The molecule has 3 N–H and O–H groups in total. The number of nitrogens with one attached hydrogen (secondary N) is 1.